The molecule has 0 spiro atoms. The summed E-state index contributed by atoms with van der Waals surface area (Å²) >= 11 is 0. The number of rotatable bonds is 46. The van der Waals surface area contributed by atoms with E-state index in [0.717, 1.165) is 25.7 Å². The van der Waals surface area contributed by atoms with Crippen molar-refractivity contribution < 1.29 is 15.0 Å². The minimum atomic E-state index is -0.833. The summed E-state index contributed by atoms with van der Waals surface area (Å²) in [6, 6.07) is -0.616. The van der Waals surface area contributed by atoms with Crippen LogP contribution in [0.4, 0.5) is 0 Å². The van der Waals surface area contributed by atoms with Gasteiger partial charge in [0.2, 0.25) is 5.91 Å². The molecule has 0 fully saturated rings. The molecule has 0 heterocycles. The number of unbranched alkanes of at least 4 members (excludes halogenated alkanes) is 39. The molecule has 2 atom stereocenters. The highest BCUT2D eigenvalue weighted by molar-refractivity contribution is 5.76. The van der Waals surface area contributed by atoms with Crippen LogP contribution in [0.25, 0.3) is 0 Å². The van der Waals surface area contributed by atoms with Crippen molar-refractivity contribution in [2.45, 2.75) is 296 Å². The standard InChI is InChI=1S/C50H99NO3/c1-3-5-7-9-11-13-15-17-18-19-20-21-22-23-24-25-26-27-28-29-30-31-32-34-36-38-40-42-44-46-50(54)51-48(47-52)49(53)45-43-41-39-37-35-33-16-14-12-10-8-6-4-2/h43,45,48-49,52-53H,3-42,44,46-47H2,1-2H3,(H,51,54)/b45-43+. The molecule has 0 rings (SSSR count). The van der Waals surface area contributed by atoms with Crippen molar-refractivity contribution in [3.8, 4) is 0 Å². The van der Waals surface area contributed by atoms with E-state index in [1.807, 2.05) is 6.08 Å². The highest BCUT2D eigenvalue weighted by Crippen LogP contribution is 2.17. The molecule has 0 radical (unpaired) electrons. The third-order valence-electron chi connectivity index (χ3n) is 11.8. The SMILES string of the molecule is CCCCCCCCCCCCC/C=C/C(O)C(CO)NC(=O)CCCCCCCCCCCCCCCCCCCCCCCCCCCCCCC. The first-order valence-corrected chi connectivity index (χ1v) is 24.9. The molecule has 0 aromatic heterocycles. The minimum Gasteiger partial charge on any atom is -0.394 e. The first-order chi connectivity index (χ1) is 26.7. The first-order valence-electron chi connectivity index (χ1n) is 24.9. The molecule has 1 amide bonds. The van der Waals surface area contributed by atoms with Gasteiger partial charge in [-0.15, -0.1) is 0 Å². The van der Waals surface area contributed by atoms with Gasteiger partial charge in [0.1, 0.15) is 0 Å². The average Bonchev–Trinajstić information content (AvgIpc) is 3.18. The molecule has 0 aromatic rings. The molecule has 0 aliphatic heterocycles. The zero-order valence-electron chi connectivity index (χ0n) is 37.0. The van der Waals surface area contributed by atoms with Gasteiger partial charge in [0, 0.05) is 6.42 Å². The van der Waals surface area contributed by atoms with Gasteiger partial charge >= 0.3 is 0 Å². The van der Waals surface area contributed by atoms with Gasteiger partial charge in [-0.3, -0.25) is 4.79 Å². The Bertz CT molecular complexity index is 739. The normalized spacial score (nSPS) is 12.9. The molecular formula is C50H99NO3. The van der Waals surface area contributed by atoms with Gasteiger partial charge in [-0.1, -0.05) is 270 Å². The minimum absolute atomic E-state index is 0.0584. The van der Waals surface area contributed by atoms with Crippen molar-refractivity contribution in [2.24, 2.45) is 0 Å². The predicted octanol–water partition coefficient (Wildman–Crippen LogP) is 15.8. The second-order valence-electron chi connectivity index (χ2n) is 17.2. The molecule has 0 aromatic carbocycles. The summed E-state index contributed by atoms with van der Waals surface area (Å²) in [5, 5.41) is 23.0. The van der Waals surface area contributed by atoms with Crippen LogP contribution in [0, 0.1) is 0 Å². The summed E-state index contributed by atoms with van der Waals surface area (Å²) in [6.07, 6.45) is 59.3. The van der Waals surface area contributed by atoms with Crippen molar-refractivity contribution in [1.82, 2.24) is 5.32 Å². The molecule has 0 bridgehead atoms. The van der Waals surface area contributed by atoms with Crippen LogP contribution in [0.5, 0.6) is 0 Å². The molecule has 0 saturated carbocycles. The maximum Gasteiger partial charge on any atom is 0.220 e. The zero-order valence-corrected chi connectivity index (χ0v) is 37.0. The summed E-state index contributed by atoms with van der Waals surface area (Å²) in [4.78, 5) is 12.4. The maximum absolute atomic E-state index is 12.4. The topological polar surface area (TPSA) is 69.6 Å². The lowest BCUT2D eigenvalue weighted by atomic mass is 10.0. The number of nitrogens with one attached hydrogen (secondary N) is 1. The fourth-order valence-electron chi connectivity index (χ4n) is 7.95. The van der Waals surface area contributed by atoms with Crippen molar-refractivity contribution in [3.05, 3.63) is 12.2 Å². The average molecular weight is 762 g/mol. The summed E-state index contributed by atoms with van der Waals surface area (Å²) in [5.41, 5.74) is 0. The van der Waals surface area contributed by atoms with E-state index in [2.05, 4.69) is 19.2 Å². The fraction of sp³-hybridized carbons (Fsp3) is 0.940. The van der Waals surface area contributed by atoms with Crippen molar-refractivity contribution in [3.63, 3.8) is 0 Å². The second-order valence-corrected chi connectivity index (χ2v) is 17.2. The van der Waals surface area contributed by atoms with Gasteiger partial charge < -0.3 is 15.5 Å². The summed E-state index contributed by atoms with van der Waals surface area (Å²) in [7, 11) is 0. The predicted molar refractivity (Wildman–Crippen MR) is 239 cm³/mol. The molecule has 0 aliphatic carbocycles. The number of aliphatic hydroxyl groups is 2. The van der Waals surface area contributed by atoms with Crippen LogP contribution >= 0.6 is 0 Å². The summed E-state index contributed by atoms with van der Waals surface area (Å²) < 4.78 is 0. The van der Waals surface area contributed by atoms with E-state index in [9.17, 15) is 15.0 Å². The smallest absolute Gasteiger partial charge is 0.220 e. The number of hydrogen-bond donors (Lipinski definition) is 3. The van der Waals surface area contributed by atoms with E-state index in [0.29, 0.717) is 6.42 Å². The van der Waals surface area contributed by atoms with Crippen LogP contribution in [-0.2, 0) is 4.79 Å². The van der Waals surface area contributed by atoms with E-state index in [-0.39, 0.29) is 12.5 Å². The van der Waals surface area contributed by atoms with Gasteiger partial charge in [-0.05, 0) is 19.3 Å². The molecule has 3 N–H and O–H groups in total. The summed E-state index contributed by atoms with van der Waals surface area (Å²) in [6.45, 7) is 4.33. The van der Waals surface area contributed by atoms with Crippen LogP contribution in [0.3, 0.4) is 0 Å². The van der Waals surface area contributed by atoms with E-state index in [4.69, 9.17) is 0 Å². The Balaban J connectivity index is 3.41. The lowest BCUT2D eigenvalue weighted by molar-refractivity contribution is -0.123. The Morgan fingerprint density at radius 2 is 0.685 bits per heavy atom. The number of amides is 1. The molecule has 0 saturated heterocycles. The van der Waals surface area contributed by atoms with E-state index in [1.165, 1.54) is 238 Å². The monoisotopic (exact) mass is 762 g/mol. The molecule has 2 unspecified atom stereocenters. The van der Waals surface area contributed by atoms with Gasteiger partial charge in [0.15, 0.2) is 0 Å². The van der Waals surface area contributed by atoms with Gasteiger partial charge in [-0.25, -0.2) is 0 Å². The lowest BCUT2D eigenvalue weighted by Crippen LogP contribution is -2.45. The maximum atomic E-state index is 12.4. The van der Waals surface area contributed by atoms with Crippen LogP contribution in [0.15, 0.2) is 12.2 Å². The number of aliphatic hydroxyl groups excluding tert-OH is 2. The number of allylic oxidation sites excluding steroid dienone is 1. The third-order valence-corrected chi connectivity index (χ3v) is 11.8. The highest BCUT2D eigenvalue weighted by atomic mass is 16.3. The van der Waals surface area contributed by atoms with Crippen molar-refractivity contribution >= 4 is 5.91 Å². The van der Waals surface area contributed by atoms with Crippen LogP contribution in [0.2, 0.25) is 0 Å². The third kappa shape index (κ3) is 42.3. The van der Waals surface area contributed by atoms with Gasteiger partial charge in [-0.2, -0.15) is 0 Å². The van der Waals surface area contributed by atoms with Gasteiger partial charge in [0.25, 0.3) is 0 Å². The van der Waals surface area contributed by atoms with Crippen LogP contribution in [-0.4, -0.2) is 34.9 Å². The lowest BCUT2D eigenvalue weighted by Gasteiger charge is -2.20. The second kappa shape index (κ2) is 46.5. The molecule has 322 valence electrons. The molecular weight excluding hydrogens is 663 g/mol. The zero-order chi connectivity index (χ0) is 39.3. The number of carbonyl (C=O) groups excluding carboxylic acids is 1. The quantitative estimate of drug-likeness (QED) is 0.0427. The van der Waals surface area contributed by atoms with Crippen molar-refractivity contribution in [2.75, 3.05) is 6.61 Å². The number of hydrogen-bond acceptors (Lipinski definition) is 3. The molecule has 4 heteroatoms. The van der Waals surface area contributed by atoms with E-state index < -0.39 is 12.1 Å². The summed E-state index contributed by atoms with van der Waals surface area (Å²) in [5.74, 6) is -0.0584. The Morgan fingerprint density at radius 3 is 0.963 bits per heavy atom. The Kier molecular flexibility index (Phi) is 45.8. The Hall–Kier alpha value is -0.870. The van der Waals surface area contributed by atoms with Gasteiger partial charge in [0.05, 0.1) is 18.8 Å². The largest absolute Gasteiger partial charge is 0.394 e. The Morgan fingerprint density at radius 1 is 0.426 bits per heavy atom. The van der Waals surface area contributed by atoms with E-state index in [1.54, 1.807) is 6.08 Å². The van der Waals surface area contributed by atoms with Crippen molar-refractivity contribution in [1.29, 1.82) is 0 Å². The Labute approximate surface area is 339 Å². The highest BCUT2D eigenvalue weighted by Gasteiger charge is 2.18. The molecule has 4 nitrogen and oxygen atoms in total. The first kappa shape index (κ1) is 53.1. The van der Waals surface area contributed by atoms with Crippen LogP contribution in [0.1, 0.15) is 284 Å². The molecule has 0 aliphatic rings. The van der Waals surface area contributed by atoms with Crippen LogP contribution < -0.4 is 5.32 Å². The fourth-order valence-corrected chi connectivity index (χ4v) is 7.95. The number of carbonyl (C=O) groups is 1. The molecule has 54 heavy (non-hydrogen) atoms. The van der Waals surface area contributed by atoms with E-state index >= 15 is 0 Å².